The molecular weight excluding hydrogens is 198 g/mol. The molecule has 0 spiro atoms. The van der Waals surface area contributed by atoms with E-state index in [1.54, 1.807) is 17.5 Å². The van der Waals surface area contributed by atoms with Crippen molar-refractivity contribution < 1.29 is 0 Å². The average molecular weight is 209 g/mol. The molecule has 0 atom stereocenters. The van der Waals surface area contributed by atoms with Crippen LogP contribution in [0.2, 0.25) is 0 Å². The van der Waals surface area contributed by atoms with E-state index in [2.05, 4.69) is 20.5 Å². The summed E-state index contributed by atoms with van der Waals surface area (Å²) in [5.74, 6) is 0.992. The van der Waals surface area contributed by atoms with Crippen molar-refractivity contribution in [2.75, 3.05) is 12.4 Å². The van der Waals surface area contributed by atoms with Crippen molar-refractivity contribution in [3.05, 3.63) is 23.2 Å². The third kappa shape index (κ3) is 1.74. The molecule has 0 unspecified atom stereocenters. The summed E-state index contributed by atoms with van der Waals surface area (Å²) in [6.07, 6.45) is 3.73. The Kier molecular flexibility index (Phi) is 2.45. The van der Waals surface area contributed by atoms with Gasteiger partial charge in [0.25, 0.3) is 0 Å². The van der Waals surface area contributed by atoms with Crippen LogP contribution in [0.15, 0.2) is 12.4 Å². The van der Waals surface area contributed by atoms with Crippen LogP contribution in [0.1, 0.15) is 10.8 Å². The fourth-order valence-electron chi connectivity index (χ4n) is 1.14. The van der Waals surface area contributed by atoms with E-state index in [0.29, 0.717) is 0 Å². The van der Waals surface area contributed by atoms with Gasteiger partial charge in [0.2, 0.25) is 5.13 Å². The molecule has 0 saturated heterocycles. The molecule has 2 heterocycles. The summed E-state index contributed by atoms with van der Waals surface area (Å²) < 4.78 is 2.04. The van der Waals surface area contributed by atoms with E-state index < -0.39 is 0 Å². The third-order valence-corrected chi connectivity index (χ3v) is 2.84. The summed E-state index contributed by atoms with van der Waals surface area (Å²) in [6.45, 7) is 2.71. The predicted molar refractivity (Wildman–Crippen MR) is 55.5 cm³/mol. The van der Waals surface area contributed by atoms with Crippen LogP contribution in [0.25, 0.3) is 0 Å². The van der Waals surface area contributed by atoms with Gasteiger partial charge in [-0.3, -0.25) is 0 Å². The quantitative estimate of drug-likeness (QED) is 0.823. The maximum absolute atomic E-state index is 4.14. The number of hydrogen-bond acceptors (Lipinski definition) is 5. The molecule has 0 aliphatic carbocycles. The maximum Gasteiger partial charge on any atom is 0.205 e. The highest BCUT2D eigenvalue weighted by Crippen LogP contribution is 2.15. The molecule has 1 N–H and O–H groups in total. The van der Waals surface area contributed by atoms with Crippen LogP contribution < -0.4 is 5.32 Å². The minimum absolute atomic E-state index is 0.741. The van der Waals surface area contributed by atoms with Crippen molar-refractivity contribution in [3.63, 3.8) is 0 Å². The molecule has 74 valence electrons. The van der Waals surface area contributed by atoms with Gasteiger partial charge in [-0.25, -0.2) is 4.98 Å². The van der Waals surface area contributed by atoms with Crippen LogP contribution in [0.5, 0.6) is 0 Å². The summed E-state index contributed by atoms with van der Waals surface area (Å²) in [5, 5.41) is 12.8. The van der Waals surface area contributed by atoms with Crippen LogP contribution in [-0.4, -0.2) is 26.8 Å². The molecule has 2 rings (SSSR count). The molecule has 0 saturated carbocycles. The fourth-order valence-corrected chi connectivity index (χ4v) is 1.83. The molecule has 6 heteroatoms. The van der Waals surface area contributed by atoms with Gasteiger partial charge >= 0.3 is 0 Å². The first-order chi connectivity index (χ1) is 6.79. The molecule has 2 aromatic rings. The lowest BCUT2D eigenvalue weighted by molar-refractivity contribution is 0.746. The minimum atomic E-state index is 0.741. The first-order valence-corrected chi connectivity index (χ1v) is 5.09. The second-order valence-corrected chi connectivity index (χ2v) is 3.92. The lowest BCUT2D eigenvalue weighted by Gasteiger charge is -1.99. The second kappa shape index (κ2) is 3.75. The standard InChI is InChI=1S/C8H11N5S/c1-6-10-3-4-13(6)5-7-11-12-8(9-2)14-7/h3-4H,5H2,1-2H3,(H,9,12). The van der Waals surface area contributed by atoms with Crippen molar-refractivity contribution in [1.82, 2.24) is 19.7 Å². The Morgan fingerprint density at radius 2 is 2.36 bits per heavy atom. The Bertz CT molecular complexity index is 419. The lowest BCUT2D eigenvalue weighted by Crippen LogP contribution is -2.00. The van der Waals surface area contributed by atoms with Gasteiger partial charge < -0.3 is 9.88 Å². The molecule has 0 fully saturated rings. The summed E-state index contributed by atoms with van der Waals surface area (Å²) >= 11 is 1.56. The fraction of sp³-hybridized carbons (Fsp3) is 0.375. The van der Waals surface area contributed by atoms with Gasteiger partial charge in [0.05, 0.1) is 6.54 Å². The predicted octanol–water partition coefficient (Wildman–Crippen LogP) is 1.13. The van der Waals surface area contributed by atoms with Gasteiger partial charge in [-0.05, 0) is 6.92 Å². The van der Waals surface area contributed by atoms with Gasteiger partial charge in [-0.1, -0.05) is 11.3 Å². The summed E-state index contributed by atoms with van der Waals surface area (Å²) in [5.41, 5.74) is 0. The van der Waals surface area contributed by atoms with E-state index in [1.807, 2.05) is 24.7 Å². The van der Waals surface area contributed by atoms with E-state index in [9.17, 15) is 0 Å². The molecule has 14 heavy (non-hydrogen) atoms. The summed E-state index contributed by atoms with van der Waals surface area (Å²) in [7, 11) is 1.84. The Labute approximate surface area is 85.8 Å². The van der Waals surface area contributed by atoms with Gasteiger partial charge in [-0.2, -0.15) is 0 Å². The largest absolute Gasteiger partial charge is 0.363 e. The summed E-state index contributed by atoms with van der Waals surface area (Å²) in [4.78, 5) is 4.14. The highest BCUT2D eigenvalue weighted by molar-refractivity contribution is 7.15. The van der Waals surface area contributed by atoms with E-state index in [1.165, 1.54) is 0 Å². The van der Waals surface area contributed by atoms with Gasteiger partial charge in [-0.15, -0.1) is 10.2 Å². The highest BCUT2D eigenvalue weighted by Gasteiger charge is 2.04. The summed E-state index contributed by atoms with van der Waals surface area (Å²) in [6, 6.07) is 0. The molecule has 2 aromatic heterocycles. The number of rotatable bonds is 3. The zero-order valence-corrected chi connectivity index (χ0v) is 8.88. The topological polar surface area (TPSA) is 55.6 Å². The SMILES string of the molecule is CNc1nnc(Cn2ccnc2C)s1. The molecule has 0 aromatic carbocycles. The molecular formula is C8H11N5S. The monoisotopic (exact) mass is 209 g/mol. The van der Waals surface area contributed by atoms with Crippen LogP contribution in [0, 0.1) is 6.92 Å². The van der Waals surface area contributed by atoms with Crippen LogP contribution in [0.4, 0.5) is 5.13 Å². The minimum Gasteiger partial charge on any atom is -0.363 e. The zero-order chi connectivity index (χ0) is 9.97. The van der Waals surface area contributed by atoms with Gasteiger partial charge in [0.1, 0.15) is 10.8 Å². The Morgan fingerprint density at radius 1 is 1.50 bits per heavy atom. The number of aryl methyl sites for hydroxylation is 1. The third-order valence-electron chi connectivity index (χ3n) is 1.91. The first kappa shape index (κ1) is 9.14. The Hall–Kier alpha value is -1.43. The molecule has 0 bridgehead atoms. The van der Waals surface area contributed by atoms with E-state index in [-0.39, 0.29) is 0 Å². The highest BCUT2D eigenvalue weighted by atomic mass is 32.1. The molecule has 0 amide bonds. The number of hydrogen-bond donors (Lipinski definition) is 1. The lowest BCUT2D eigenvalue weighted by atomic mass is 10.6. The van der Waals surface area contributed by atoms with Crippen molar-refractivity contribution in [2.24, 2.45) is 0 Å². The Balaban J connectivity index is 2.15. The van der Waals surface area contributed by atoms with Crippen LogP contribution >= 0.6 is 11.3 Å². The van der Waals surface area contributed by atoms with Crippen LogP contribution in [-0.2, 0) is 6.54 Å². The maximum atomic E-state index is 4.14. The molecule has 0 aliphatic heterocycles. The van der Waals surface area contributed by atoms with E-state index in [0.717, 1.165) is 22.5 Å². The number of nitrogens with zero attached hydrogens (tertiary/aromatic N) is 4. The molecule has 5 nitrogen and oxygen atoms in total. The molecule has 0 radical (unpaired) electrons. The first-order valence-electron chi connectivity index (χ1n) is 4.27. The second-order valence-electron chi connectivity index (χ2n) is 2.85. The van der Waals surface area contributed by atoms with Gasteiger partial charge in [0.15, 0.2) is 0 Å². The smallest absolute Gasteiger partial charge is 0.205 e. The number of nitrogens with one attached hydrogen (secondary N) is 1. The number of anilines is 1. The van der Waals surface area contributed by atoms with Crippen molar-refractivity contribution in [1.29, 1.82) is 0 Å². The van der Waals surface area contributed by atoms with Crippen molar-refractivity contribution >= 4 is 16.5 Å². The molecule has 0 aliphatic rings. The number of aromatic nitrogens is 4. The average Bonchev–Trinajstić information content (AvgIpc) is 2.77. The van der Waals surface area contributed by atoms with Crippen molar-refractivity contribution in [2.45, 2.75) is 13.5 Å². The van der Waals surface area contributed by atoms with E-state index in [4.69, 9.17) is 0 Å². The van der Waals surface area contributed by atoms with Gasteiger partial charge in [0, 0.05) is 19.4 Å². The Morgan fingerprint density at radius 3 is 2.93 bits per heavy atom. The number of imidazole rings is 1. The van der Waals surface area contributed by atoms with E-state index >= 15 is 0 Å². The zero-order valence-electron chi connectivity index (χ0n) is 8.06. The normalized spacial score (nSPS) is 10.4. The van der Waals surface area contributed by atoms with Crippen molar-refractivity contribution in [3.8, 4) is 0 Å². The van der Waals surface area contributed by atoms with Crippen LogP contribution in [0.3, 0.4) is 0 Å².